The quantitative estimate of drug-likeness (QED) is 0.665. The van der Waals surface area contributed by atoms with Gasteiger partial charge in [0, 0.05) is 5.56 Å². The molecule has 2 nitrogen and oxygen atoms in total. The predicted octanol–water partition coefficient (Wildman–Crippen LogP) is 3.44. The van der Waals surface area contributed by atoms with Crippen LogP contribution in [0, 0.1) is 32.4 Å². The summed E-state index contributed by atoms with van der Waals surface area (Å²) >= 11 is 0. The smallest absolute Gasteiger partial charge is 0.131 e. The van der Waals surface area contributed by atoms with E-state index in [1.807, 2.05) is 32.9 Å². The SMILES string of the molecule is Cc1cc(C)c(C(NN)c2c(F)cccc2F)c(C)c1. The van der Waals surface area contributed by atoms with Crippen molar-refractivity contribution in [1.29, 1.82) is 0 Å². The van der Waals surface area contributed by atoms with Crippen LogP contribution in [0.1, 0.15) is 33.9 Å². The van der Waals surface area contributed by atoms with E-state index < -0.39 is 17.7 Å². The van der Waals surface area contributed by atoms with Crippen LogP contribution in [0.15, 0.2) is 30.3 Å². The second-order valence-corrected chi connectivity index (χ2v) is 5.05. The lowest BCUT2D eigenvalue weighted by molar-refractivity contribution is 0.509. The highest BCUT2D eigenvalue weighted by Crippen LogP contribution is 2.31. The minimum atomic E-state index is -0.711. The van der Waals surface area contributed by atoms with E-state index in [4.69, 9.17) is 5.84 Å². The number of nitrogens with one attached hydrogen (secondary N) is 1. The van der Waals surface area contributed by atoms with Gasteiger partial charge in [-0.3, -0.25) is 5.84 Å². The van der Waals surface area contributed by atoms with Crippen LogP contribution in [-0.2, 0) is 0 Å². The van der Waals surface area contributed by atoms with E-state index in [1.54, 1.807) is 0 Å². The first kappa shape index (κ1) is 14.6. The molecule has 0 bridgehead atoms. The van der Waals surface area contributed by atoms with E-state index in [9.17, 15) is 8.78 Å². The third-order valence-corrected chi connectivity index (χ3v) is 3.48. The number of nitrogens with two attached hydrogens (primary N) is 1. The molecule has 0 saturated heterocycles. The Bertz CT molecular complexity index is 595. The number of hydrazine groups is 1. The molecular weight excluding hydrogens is 258 g/mol. The Hall–Kier alpha value is -1.78. The Balaban J connectivity index is 2.65. The monoisotopic (exact) mass is 276 g/mol. The maximum Gasteiger partial charge on any atom is 0.131 e. The van der Waals surface area contributed by atoms with Crippen LogP contribution in [-0.4, -0.2) is 0 Å². The number of aryl methyl sites for hydroxylation is 3. The molecule has 3 N–H and O–H groups in total. The molecule has 2 aromatic rings. The van der Waals surface area contributed by atoms with Gasteiger partial charge in [-0.05, 0) is 49.6 Å². The van der Waals surface area contributed by atoms with Crippen LogP contribution in [0.5, 0.6) is 0 Å². The van der Waals surface area contributed by atoms with Gasteiger partial charge in [-0.25, -0.2) is 14.2 Å². The Labute approximate surface area is 117 Å². The van der Waals surface area contributed by atoms with Crippen molar-refractivity contribution in [1.82, 2.24) is 5.43 Å². The highest BCUT2D eigenvalue weighted by Gasteiger charge is 2.23. The highest BCUT2D eigenvalue weighted by molar-refractivity contribution is 5.44. The molecular formula is C16H18F2N2. The summed E-state index contributed by atoms with van der Waals surface area (Å²) in [6, 6.07) is 7.06. The lowest BCUT2D eigenvalue weighted by Crippen LogP contribution is -2.31. The molecule has 0 spiro atoms. The largest absolute Gasteiger partial charge is 0.271 e. The van der Waals surface area contributed by atoms with E-state index in [0.29, 0.717) is 0 Å². The molecule has 2 rings (SSSR count). The summed E-state index contributed by atoms with van der Waals surface area (Å²) < 4.78 is 28.0. The standard InChI is InChI=1S/C16H18F2N2/c1-9-7-10(2)14(11(3)8-9)16(20-19)15-12(17)5-4-6-13(15)18/h4-8,16,20H,19H2,1-3H3. The van der Waals surface area contributed by atoms with Crippen LogP contribution < -0.4 is 11.3 Å². The number of benzene rings is 2. The lowest BCUT2D eigenvalue weighted by Gasteiger charge is -2.22. The average Bonchev–Trinajstić information content (AvgIpc) is 2.35. The Morgan fingerprint density at radius 2 is 1.45 bits per heavy atom. The number of hydrogen-bond acceptors (Lipinski definition) is 2. The fraction of sp³-hybridized carbons (Fsp3) is 0.250. The van der Waals surface area contributed by atoms with Gasteiger partial charge in [0.05, 0.1) is 6.04 Å². The maximum atomic E-state index is 14.0. The van der Waals surface area contributed by atoms with Crippen LogP contribution in [0.4, 0.5) is 8.78 Å². The van der Waals surface area contributed by atoms with Gasteiger partial charge in [0.25, 0.3) is 0 Å². The zero-order valence-corrected chi connectivity index (χ0v) is 11.8. The van der Waals surface area contributed by atoms with Gasteiger partial charge < -0.3 is 0 Å². The summed E-state index contributed by atoms with van der Waals surface area (Å²) in [6.45, 7) is 5.81. The van der Waals surface area contributed by atoms with Crippen molar-refractivity contribution in [2.45, 2.75) is 26.8 Å². The summed E-state index contributed by atoms with van der Waals surface area (Å²) in [6.07, 6.45) is 0. The van der Waals surface area contributed by atoms with Crippen molar-refractivity contribution in [3.05, 3.63) is 69.8 Å². The average molecular weight is 276 g/mol. The molecule has 0 saturated carbocycles. The Morgan fingerprint density at radius 3 is 1.90 bits per heavy atom. The van der Waals surface area contributed by atoms with Crippen molar-refractivity contribution >= 4 is 0 Å². The molecule has 0 aliphatic carbocycles. The summed E-state index contributed by atoms with van der Waals surface area (Å²) in [5.41, 5.74) is 6.30. The Morgan fingerprint density at radius 1 is 0.950 bits per heavy atom. The second-order valence-electron chi connectivity index (χ2n) is 5.05. The van der Waals surface area contributed by atoms with Gasteiger partial charge in [0.2, 0.25) is 0 Å². The maximum absolute atomic E-state index is 14.0. The van der Waals surface area contributed by atoms with Gasteiger partial charge in [0.15, 0.2) is 0 Å². The van der Waals surface area contributed by atoms with Gasteiger partial charge in [-0.2, -0.15) is 0 Å². The minimum absolute atomic E-state index is 0.0509. The molecule has 0 fully saturated rings. The van der Waals surface area contributed by atoms with Crippen molar-refractivity contribution < 1.29 is 8.78 Å². The minimum Gasteiger partial charge on any atom is -0.271 e. The van der Waals surface area contributed by atoms with Crippen LogP contribution in [0.25, 0.3) is 0 Å². The van der Waals surface area contributed by atoms with Crippen molar-refractivity contribution in [2.24, 2.45) is 5.84 Å². The molecule has 1 unspecified atom stereocenters. The molecule has 2 aromatic carbocycles. The molecule has 1 atom stereocenters. The van der Waals surface area contributed by atoms with E-state index >= 15 is 0 Å². The molecule has 0 heterocycles. The van der Waals surface area contributed by atoms with Crippen molar-refractivity contribution in [3.8, 4) is 0 Å². The summed E-state index contributed by atoms with van der Waals surface area (Å²) in [7, 11) is 0. The van der Waals surface area contributed by atoms with Crippen molar-refractivity contribution in [3.63, 3.8) is 0 Å². The lowest BCUT2D eigenvalue weighted by atomic mass is 9.90. The number of hydrogen-bond donors (Lipinski definition) is 2. The zero-order chi connectivity index (χ0) is 14.9. The number of halogens is 2. The van der Waals surface area contributed by atoms with Crippen molar-refractivity contribution in [2.75, 3.05) is 0 Å². The summed E-state index contributed by atoms with van der Waals surface area (Å²) in [5.74, 6) is 4.36. The van der Waals surface area contributed by atoms with Crippen LogP contribution >= 0.6 is 0 Å². The fourth-order valence-corrected chi connectivity index (χ4v) is 2.74. The highest BCUT2D eigenvalue weighted by atomic mass is 19.1. The summed E-state index contributed by atoms with van der Waals surface area (Å²) in [4.78, 5) is 0. The second kappa shape index (κ2) is 5.69. The van der Waals surface area contributed by atoms with Gasteiger partial charge in [-0.15, -0.1) is 0 Å². The van der Waals surface area contributed by atoms with Gasteiger partial charge in [-0.1, -0.05) is 23.8 Å². The molecule has 0 aromatic heterocycles. The molecule has 0 aliphatic rings. The van der Waals surface area contributed by atoms with E-state index in [2.05, 4.69) is 5.43 Å². The molecule has 4 heteroatoms. The number of rotatable bonds is 3. The molecule has 106 valence electrons. The van der Waals surface area contributed by atoms with Crippen LogP contribution in [0.3, 0.4) is 0 Å². The van der Waals surface area contributed by atoms with Crippen LogP contribution in [0.2, 0.25) is 0 Å². The molecule has 0 aliphatic heterocycles. The normalized spacial score (nSPS) is 12.5. The molecule has 0 radical (unpaired) electrons. The van der Waals surface area contributed by atoms with E-state index in [0.717, 1.165) is 22.3 Å². The molecule has 20 heavy (non-hydrogen) atoms. The van der Waals surface area contributed by atoms with Gasteiger partial charge >= 0.3 is 0 Å². The summed E-state index contributed by atoms with van der Waals surface area (Å²) in [5, 5.41) is 0. The zero-order valence-electron chi connectivity index (χ0n) is 11.8. The van der Waals surface area contributed by atoms with E-state index in [1.165, 1.54) is 18.2 Å². The topological polar surface area (TPSA) is 38.0 Å². The van der Waals surface area contributed by atoms with Gasteiger partial charge in [0.1, 0.15) is 11.6 Å². The first-order valence-electron chi connectivity index (χ1n) is 6.43. The third-order valence-electron chi connectivity index (χ3n) is 3.48. The first-order valence-corrected chi connectivity index (χ1v) is 6.43. The fourth-order valence-electron chi connectivity index (χ4n) is 2.74. The molecule has 0 amide bonds. The Kier molecular flexibility index (Phi) is 4.16. The first-order chi connectivity index (χ1) is 9.45. The predicted molar refractivity (Wildman–Crippen MR) is 76.2 cm³/mol. The van der Waals surface area contributed by atoms with E-state index in [-0.39, 0.29) is 5.56 Å². The third kappa shape index (κ3) is 2.57.